The van der Waals surface area contributed by atoms with Crippen LogP contribution in [0.5, 0.6) is 0 Å². The molecule has 0 saturated heterocycles. The first-order valence-corrected chi connectivity index (χ1v) is 6.44. The van der Waals surface area contributed by atoms with E-state index in [9.17, 15) is 0 Å². The lowest BCUT2D eigenvalue weighted by molar-refractivity contribution is -0.695. The van der Waals surface area contributed by atoms with Crippen LogP contribution in [0.1, 0.15) is 16.7 Å². The average molecular weight is 246 g/mol. The molecule has 0 bridgehead atoms. The van der Waals surface area contributed by atoms with Gasteiger partial charge in [-0.05, 0) is 31.9 Å². The number of aromatic nitrogens is 2. The Hall–Kier alpha value is -1.22. The number of nitrogens with zero attached hydrogens (tertiary/aromatic N) is 2. The zero-order valence-corrected chi connectivity index (χ0v) is 11.5. The summed E-state index contributed by atoms with van der Waals surface area (Å²) in [5, 5.41) is 0. The molecular weight excluding hydrogens is 228 g/mol. The fourth-order valence-electron chi connectivity index (χ4n) is 2.26. The third-order valence-corrected chi connectivity index (χ3v) is 3.05. The quantitative estimate of drug-likeness (QED) is 0.484. The highest BCUT2D eigenvalue weighted by atomic mass is 32.1. The van der Waals surface area contributed by atoms with E-state index < -0.39 is 0 Å². The molecule has 2 rings (SSSR count). The second kappa shape index (κ2) is 4.96. The molecule has 2 nitrogen and oxygen atoms in total. The Balaban J connectivity index is 2.45. The van der Waals surface area contributed by atoms with Crippen molar-refractivity contribution in [3.63, 3.8) is 0 Å². The normalized spacial score (nSPS) is 10.8. The number of thiol groups is 1. The van der Waals surface area contributed by atoms with Gasteiger partial charge in [-0.15, -0.1) is 0 Å². The minimum absolute atomic E-state index is 0.830. The molecule has 2 aromatic rings. The fraction of sp³-hybridized carbons (Fsp3) is 0.357. The van der Waals surface area contributed by atoms with Crippen molar-refractivity contribution in [1.82, 2.24) is 4.57 Å². The van der Waals surface area contributed by atoms with Gasteiger partial charge in [0.25, 0.3) is 0 Å². The van der Waals surface area contributed by atoms with Gasteiger partial charge in [0.05, 0.1) is 12.2 Å². The van der Waals surface area contributed by atoms with Crippen LogP contribution in [0.2, 0.25) is 0 Å². The van der Waals surface area contributed by atoms with Gasteiger partial charge in [-0.3, -0.25) is 0 Å². The molecule has 0 fully saturated rings. The van der Waals surface area contributed by atoms with Crippen molar-refractivity contribution in [2.45, 2.75) is 27.3 Å². The molecule has 0 radical (unpaired) electrons. The molecule has 0 aliphatic rings. The lowest BCUT2D eigenvalue weighted by Crippen LogP contribution is -2.32. The summed E-state index contributed by atoms with van der Waals surface area (Å²) in [5.74, 6) is 0.830. The van der Waals surface area contributed by atoms with Crippen molar-refractivity contribution < 1.29 is 4.57 Å². The number of rotatable bonds is 3. The van der Waals surface area contributed by atoms with E-state index in [0.29, 0.717) is 0 Å². The molecule has 1 aromatic heterocycles. The van der Waals surface area contributed by atoms with Crippen molar-refractivity contribution in [2.24, 2.45) is 0 Å². The maximum absolute atomic E-state index is 4.23. The lowest BCUT2D eigenvalue weighted by Gasteiger charge is -2.12. The molecule has 0 aliphatic carbocycles. The van der Waals surface area contributed by atoms with Crippen LogP contribution < -0.4 is 4.57 Å². The summed E-state index contributed by atoms with van der Waals surface area (Å²) in [6, 6.07) is 4.41. The summed E-state index contributed by atoms with van der Waals surface area (Å²) in [6.45, 7) is 7.31. The standard InChI is InChI=1S/C14H18N2S/c1-11-8-12(2)14(13(3)9-11)16-5-4-15(10-16)6-7-17/h4-5,8-9,17H,6-7H2,1-3H3. The molecule has 1 heterocycles. The molecule has 0 saturated carbocycles. The molecule has 3 heteroatoms. The van der Waals surface area contributed by atoms with Crippen LogP contribution in [0, 0.1) is 27.1 Å². The van der Waals surface area contributed by atoms with Gasteiger partial charge < -0.3 is 9.13 Å². The lowest BCUT2D eigenvalue weighted by atomic mass is 10.1. The van der Waals surface area contributed by atoms with Gasteiger partial charge in [-0.25, -0.2) is 0 Å². The predicted octanol–water partition coefficient (Wildman–Crippen LogP) is 2.42. The van der Waals surface area contributed by atoms with Crippen LogP contribution >= 0.6 is 12.6 Å². The zero-order valence-electron chi connectivity index (χ0n) is 10.6. The van der Waals surface area contributed by atoms with E-state index in [1.807, 2.05) is 17.0 Å². The van der Waals surface area contributed by atoms with Crippen LogP contribution in [0.4, 0.5) is 0 Å². The van der Waals surface area contributed by atoms with Gasteiger partial charge >= 0.3 is 0 Å². The van der Waals surface area contributed by atoms with E-state index in [2.05, 4.69) is 56.4 Å². The molecule has 1 aromatic carbocycles. The summed E-state index contributed by atoms with van der Waals surface area (Å²) in [7, 11) is 0. The van der Waals surface area contributed by atoms with Gasteiger partial charge in [0.1, 0.15) is 0 Å². The second-order valence-electron chi connectivity index (χ2n) is 4.43. The van der Waals surface area contributed by atoms with E-state index in [-0.39, 0.29) is 0 Å². The minimum Gasteiger partial charge on any atom is -0.326 e. The fourth-order valence-corrected chi connectivity index (χ4v) is 2.48. The largest absolute Gasteiger partial charge is 0.326 e. The van der Waals surface area contributed by atoms with Crippen molar-refractivity contribution in [2.75, 3.05) is 5.75 Å². The Bertz CT molecular complexity index is 506. The van der Waals surface area contributed by atoms with Crippen LogP contribution in [0.15, 0.2) is 24.5 Å². The van der Waals surface area contributed by atoms with Crippen LogP contribution in [-0.4, -0.2) is 10.3 Å². The van der Waals surface area contributed by atoms with E-state index in [1.54, 1.807) is 0 Å². The van der Waals surface area contributed by atoms with Gasteiger partial charge in [0, 0.05) is 18.1 Å². The van der Waals surface area contributed by atoms with Gasteiger partial charge in [-0.2, -0.15) is 12.6 Å². The summed E-state index contributed by atoms with van der Waals surface area (Å²) in [5.41, 5.74) is 5.10. The summed E-state index contributed by atoms with van der Waals surface area (Å²) < 4.78 is 4.10. The summed E-state index contributed by atoms with van der Waals surface area (Å²) in [6.07, 6.45) is 7.40. The van der Waals surface area contributed by atoms with Crippen LogP contribution in [0.3, 0.4) is 0 Å². The molecule has 0 amide bonds. The van der Waals surface area contributed by atoms with E-state index in [4.69, 9.17) is 0 Å². The molecule has 0 unspecified atom stereocenters. The Morgan fingerprint density at radius 3 is 2.47 bits per heavy atom. The summed E-state index contributed by atoms with van der Waals surface area (Å²) >= 11 is 4.23. The first kappa shape index (κ1) is 12.2. The van der Waals surface area contributed by atoms with Crippen molar-refractivity contribution >= 4 is 12.6 Å². The minimum atomic E-state index is 0.830. The van der Waals surface area contributed by atoms with Gasteiger partial charge in [0.2, 0.25) is 6.33 Å². The highest BCUT2D eigenvalue weighted by Crippen LogP contribution is 2.19. The highest BCUT2D eigenvalue weighted by molar-refractivity contribution is 7.80. The topological polar surface area (TPSA) is 8.81 Å². The van der Waals surface area contributed by atoms with Gasteiger partial charge in [-0.1, -0.05) is 17.7 Å². The molecule has 90 valence electrons. The van der Waals surface area contributed by atoms with Crippen LogP contribution in [0.25, 0.3) is 5.69 Å². The molecule has 0 spiro atoms. The maximum Gasteiger partial charge on any atom is 0.243 e. The molecule has 17 heavy (non-hydrogen) atoms. The smallest absolute Gasteiger partial charge is 0.243 e. The van der Waals surface area contributed by atoms with Crippen molar-refractivity contribution in [1.29, 1.82) is 0 Å². The maximum atomic E-state index is 4.23. The van der Waals surface area contributed by atoms with E-state index in [0.717, 1.165) is 12.3 Å². The third-order valence-electron chi connectivity index (χ3n) is 2.85. The summed E-state index contributed by atoms with van der Waals surface area (Å²) in [4.78, 5) is 0. The van der Waals surface area contributed by atoms with Gasteiger partial charge in [0.15, 0.2) is 0 Å². The SMILES string of the molecule is Cc1cc(C)c(-n2[c-][n+](CCS)cc2)c(C)c1. The first-order chi connectivity index (χ1) is 8.11. The van der Waals surface area contributed by atoms with Crippen molar-refractivity contribution in [3.8, 4) is 5.69 Å². The zero-order chi connectivity index (χ0) is 12.4. The van der Waals surface area contributed by atoms with E-state index >= 15 is 0 Å². The Morgan fingerprint density at radius 1 is 1.24 bits per heavy atom. The monoisotopic (exact) mass is 246 g/mol. The van der Waals surface area contributed by atoms with E-state index in [1.165, 1.54) is 22.4 Å². The van der Waals surface area contributed by atoms with Crippen LogP contribution in [-0.2, 0) is 6.54 Å². The molecule has 0 aliphatic heterocycles. The Morgan fingerprint density at radius 2 is 1.88 bits per heavy atom. The molecule has 0 N–H and O–H groups in total. The molecular formula is C14H18N2S. The average Bonchev–Trinajstić information content (AvgIpc) is 2.65. The number of benzene rings is 1. The Kier molecular flexibility index (Phi) is 3.57. The highest BCUT2D eigenvalue weighted by Gasteiger charge is 2.06. The number of aryl methyl sites for hydroxylation is 4. The third kappa shape index (κ3) is 2.55. The Labute approximate surface area is 108 Å². The number of imidazole rings is 1. The number of hydrogen-bond donors (Lipinski definition) is 1. The van der Waals surface area contributed by atoms with Crippen molar-refractivity contribution in [3.05, 3.63) is 47.5 Å². The predicted molar refractivity (Wildman–Crippen MR) is 72.9 cm³/mol. The number of hydrogen-bond acceptors (Lipinski definition) is 1. The second-order valence-corrected chi connectivity index (χ2v) is 4.88. The molecule has 0 atom stereocenters. The first-order valence-electron chi connectivity index (χ1n) is 5.81.